The number of benzene rings is 1. The van der Waals surface area contributed by atoms with Crippen molar-refractivity contribution in [2.45, 2.75) is 25.3 Å². The van der Waals surface area contributed by atoms with Gasteiger partial charge >= 0.3 is 5.97 Å². The van der Waals surface area contributed by atoms with E-state index >= 15 is 0 Å². The first-order valence-corrected chi connectivity index (χ1v) is 5.02. The molecule has 0 aliphatic carbocycles. The summed E-state index contributed by atoms with van der Waals surface area (Å²) in [7, 11) is 0. The van der Waals surface area contributed by atoms with Crippen molar-refractivity contribution in [2.75, 3.05) is 0 Å². The predicted octanol–water partition coefficient (Wildman–Crippen LogP) is 2.07. The van der Waals surface area contributed by atoms with E-state index in [-0.39, 0.29) is 6.42 Å². The lowest BCUT2D eigenvalue weighted by Crippen LogP contribution is -2.40. The van der Waals surface area contributed by atoms with Gasteiger partial charge in [0.15, 0.2) is 0 Å². The van der Waals surface area contributed by atoms with E-state index in [0.29, 0.717) is 11.4 Å². The van der Waals surface area contributed by atoms with Gasteiger partial charge in [0.2, 0.25) is 0 Å². The Labute approximate surface area is 93.9 Å². The van der Waals surface area contributed by atoms with E-state index < -0.39 is 11.5 Å². The minimum Gasteiger partial charge on any atom is -0.481 e. The molecule has 0 amide bonds. The quantitative estimate of drug-likeness (QED) is 0.828. The molecule has 0 heterocycles. The van der Waals surface area contributed by atoms with Crippen LogP contribution in [0.4, 0.5) is 0 Å². The summed E-state index contributed by atoms with van der Waals surface area (Å²) in [4.78, 5) is 10.6. The second-order valence-corrected chi connectivity index (χ2v) is 4.40. The summed E-state index contributed by atoms with van der Waals surface area (Å²) in [6.45, 7) is 1.71. The van der Waals surface area contributed by atoms with Gasteiger partial charge in [-0.25, -0.2) is 0 Å². The molecule has 0 aromatic heterocycles. The second kappa shape index (κ2) is 4.64. The van der Waals surface area contributed by atoms with Crippen molar-refractivity contribution in [2.24, 2.45) is 5.73 Å². The Morgan fingerprint density at radius 2 is 2.13 bits per heavy atom. The summed E-state index contributed by atoms with van der Waals surface area (Å²) >= 11 is 5.96. The fourth-order valence-electron chi connectivity index (χ4n) is 1.48. The molecule has 4 heteroatoms. The van der Waals surface area contributed by atoms with Crippen LogP contribution in [0.3, 0.4) is 0 Å². The van der Waals surface area contributed by atoms with E-state index in [1.807, 2.05) is 18.2 Å². The first-order valence-electron chi connectivity index (χ1n) is 4.65. The lowest BCUT2D eigenvalue weighted by atomic mass is 9.91. The molecule has 1 rings (SSSR count). The number of aliphatic carboxylic acids is 1. The van der Waals surface area contributed by atoms with Crippen molar-refractivity contribution in [1.29, 1.82) is 0 Å². The van der Waals surface area contributed by atoms with Crippen LogP contribution >= 0.6 is 11.6 Å². The van der Waals surface area contributed by atoms with Crippen molar-refractivity contribution in [3.05, 3.63) is 34.9 Å². The molecule has 0 aliphatic heterocycles. The summed E-state index contributed by atoms with van der Waals surface area (Å²) < 4.78 is 0. The first-order chi connectivity index (χ1) is 6.91. The highest BCUT2D eigenvalue weighted by Crippen LogP contribution is 2.21. The van der Waals surface area contributed by atoms with Gasteiger partial charge in [-0.15, -0.1) is 0 Å². The Hall–Kier alpha value is -1.06. The monoisotopic (exact) mass is 227 g/mol. The minimum atomic E-state index is -0.896. The molecular weight excluding hydrogens is 214 g/mol. The molecule has 1 aromatic rings. The Balaban J connectivity index is 2.77. The Morgan fingerprint density at radius 1 is 1.53 bits per heavy atom. The molecule has 0 spiro atoms. The van der Waals surface area contributed by atoms with Crippen LogP contribution in [0, 0.1) is 0 Å². The van der Waals surface area contributed by atoms with Crippen LogP contribution in [0.5, 0.6) is 0 Å². The molecule has 15 heavy (non-hydrogen) atoms. The number of carboxylic acids is 1. The van der Waals surface area contributed by atoms with Gasteiger partial charge in [-0.2, -0.15) is 0 Å². The van der Waals surface area contributed by atoms with E-state index in [1.165, 1.54) is 0 Å². The fraction of sp³-hybridized carbons (Fsp3) is 0.364. The average Bonchev–Trinajstić information content (AvgIpc) is 2.06. The van der Waals surface area contributed by atoms with Crippen LogP contribution in [0.1, 0.15) is 18.9 Å². The minimum absolute atomic E-state index is 0.0712. The van der Waals surface area contributed by atoms with E-state index in [4.69, 9.17) is 22.4 Å². The number of carboxylic acid groups (broad SMARTS) is 1. The number of halogens is 1. The molecular formula is C11H14ClNO2. The maximum Gasteiger partial charge on any atom is 0.305 e. The molecule has 0 aliphatic rings. The van der Waals surface area contributed by atoms with E-state index in [9.17, 15) is 4.79 Å². The molecule has 0 saturated heterocycles. The number of hydrogen-bond acceptors (Lipinski definition) is 2. The first kappa shape index (κ1) is 12.0. The normalized spacial score (nSPS) is 14.6. The summed E-state index contributed by atoms with van der Waals surface area (Å²) in [5.41, 5.74) is 5.99. The highest BCUT2D eigenvalue weighted by molar-refractivity contribution is 6.31. The molecule has 1 atom stereocenters. The van der Waals surface area contributed by atoms with Crippen molar-refractivity contribution in [1.82, 2.24) is 0 Å². The third kappa shape index (κ3) is 3.90. The highest BCUT2D eigenvalue weighted by atomic mass is 35.5. The number of carbonyl (C=O) groups is 1. The van der Waals surface area contributed by atoms with Crippen molar-refractivity contribution < 1.29 is 9.90 Å². The molecule has 1 unspecified atom stereocenters. The van der Waals surface area contributed by atoms with Crippen molar-refractivity contribution in [3.8, 4) is 0 Å². The second-order valence-electron chi connectivity index (χ2n) is 3.99. The number of rotatable bonds is 4. The van der Waals surface area contributed by atoms with Gasteiger partial charge in [-0.05, 0) is 25.0 Å². The van der Waals surface area contributed by atoms with E-state index in [2.05, 4.69) is 0 Å². The zero-order chi connectivity index (χ0) is 11.5. The van der Waals surface area contributed by atoms with Crippen LogP contribution in [0.25, 0.3) is 0 Å². The topological polar surface area (TPSA) is 63.3 Å². The van der Waals surface area contributed by atoms with Crippen LogP contribution in [-0.4, -0.2) is 16.6 Å². The molecule has 0 fully saturated rings. The van der Waals surface area contributed by atoms with Crippen LogP contribution in [-0.2, 0) is 11.2 Å². The zero-order valence-corrected chi connectivity index (χ0v) is 9.29. The predicted molar refractivity (Wildman–Crippen MR) is 60.0 cm³/mol. The molecule has 0 saturated carbocycles. The summed E-state index contributed by atoms with van der Waals surface area (Å²) in [6, 6.07) is 7.32. The maximum atomic E-state index is 10.6. The smallest absolute Gasteiger partial charge is 0.305 e. The van der Waals surface area contributed by atoms with E-state index in [1.54, 1.807) is 13.0 Å². The largest absolute Gasteiger partial charge is 0.481 e. The third-order valence-electron chi connectivity index (χ3n) is 2.11. The van der Waals surface area contributed by atoms with Crippen LogP contribution in [0.2, 0.25) is 5.02 Å². The number of nitrogens with two attached hydrogens (primary N) is 1. The van der Waals surface area contributed by atoms with E-state index in [0.717, 1.165) is 5.56 Å². The van der Waals surface area contributed by atoms with Crippen molar-refractivity contribution >= 4 is 17.6 Å². The van der Waals surface area contributed by atoms with Gasteiger partial charge in [0, 0.05) is 10.6 Å². The average molecular weight is 228 g/mol. The van der Waals surface area contributed by atoms with Gasteiger partial charge < -0.3 is 10.8 Å². The standard InChI is InChI=1S/C11H14ClNO2/c1-11(13,7-10(14)15)6-8-4-2-3-5-9(8)12/h2-5H,6-7,13H2,1H3,(H,14,15). The molecule has 3 nitrogen and oxygen atoms in total. The SMILES string of the molecule is CC(N)(CC(=O)O)Cc1ccccc1Cl. The van der Waals surface area contributed by atoms with Gasteiger partial charge in [0.1, 0.15) is 0 Å². The Kier molecular flexibility index (Phi) is 3.72. The summed E-state index contributed by atoms with van der Waals surface area (Å²) in [5.74, 6) is -0.896. The van der Waals surface area contributed by atoms with Gasteiger partial charge in [0.25, 0.3) is 0 Å². The molecule has 82 valence electrons. The summed E-state index contributed by atoms with van der Waals surface area (Å²) in [5, 5.41) is 9.31. The highest BCUT2D eigenvalue weighted by Gasteiger charge is 2.23. The molecule has 1 aromatic carbocycles. The molecule has 0 bridgehead atoms. The Bertz CT molecular complexity index is 363. The Morgan fingerprint density at radius 3 is 2.67 bits per heavy atom. The van der Waals surface area contributed by atoms with Gasteiger partial charge in [-0.1, -0.05) is 29.8 Å². The lowest BCUT2D eigenvalue weighted by Gasteiger charge is -2.22. The fourth-order valence-corrected chi connectivity index (χ4v) is 1.69. The van der Waals surface area contributed by atoms with Gasteiger partial charge in [0.05, 0.1) is 6.42 Å². The summed E-state index contributed by atoms with van der Waals surface area (Å²) in [6.07, 6.45) is 0.386. The van der Waals surface area contributed by atoms with Crippen LogP contribution in [0.15, 0.2) is 24.3 Å². The molecule has 0 radical (unpaired) electrons. The molecule has 3 N–H and O–H groups in total. The number of hydrogen-bond donors (Lipinski definition) is 2. The maximum absolute atomic E-state index is 10.6. The third-order valence-corrected chi connectivity index (χ3v) is 2.48. The van der Waals surface area contributed by atoms with Gasteiger partial charge in [-0.3, -0.25) is 4.79 Å². The van der Waals surface area contributed by atoms with Crippen molar-refractivity contribution in [3.63, 3.8) is 0 Å². The zero-order valence-electron chi connectivity index (χ0n) is 8.53. The lowest BCUT2D eigenvalue weighted by molar-refractivity contribution is -0.138. The van der Waals surface area contributed by atoms with Crippen LogP contribution < -0.4 is 5.73 Å².